The number of carbonyl (C=O) groups is 2. The van der Waals surface area contributed by atoms with Gasteiger partial charge in [0.25, 0.3) is 0 Å². The molecule has 0 radical (unpaired) electrons. The second-order valence-corrected chi connectivity index (χ2v) is 11.6. The minimum Gasteiger partial charge on any atom is -0.461 e. The summed E-state index contributed by atoms with van der Waals surface area (Å²) < 4.78 is 10.8. The third-order valence-electron chi connectivity index (χ3n) is 6.36. The molecule has 1 aromatic heterocycles. The van der Waals surface area contributed by atoms with Crippen LogP contribution in [0.3, 0.4) is 0 Å². The van der Waals surface area contributed by atoms with Crippen LogP contribution in [0.2, 0.25) is 0 Å². The quantitative estimate of drug-likeness (QED) is 0.131. The maximum atomic E-state index is 12.4. The first kappa shape index (κ1) is 32.1. The highest BCUT2D eigenvalue weighted by atomic mass is 16.5. The van der Waals surface area contributed by atoms with Crippen molar-refractivity contribution in [3.05, 3.63) is 29.6 Å². The van der Waals surface area contributed by atoms with Crippen molar-refractivity contribution in [3.63, 3.8) is 0 Å². The number of hydrogen-bond acceptors (Lipinski definition) is 5. The van der Waals surface area contributed by atoms with Crippen molar-refractivity contribution in [2.45, 2.75) is 131 Å². The van der Waals surface area contributed by atoms with Crippen molar-refractivity contribution < 1.29 is 19.1 Å². The van der Waals surface area contributed by atoms with Crippen LogP contribution in [0.15, 0.2) is 18.2 Å². The molecule has 1 atom stereocenters. The SMILES string of the molecule is CCCCCCCCCCCCCCCCOC(=O)c1cccc(C(=O)OCC(C)CC(C)(C)C)n1. The van der Waals surface area contributed by atoms with Crippen molar-refractivity contribution in [1.29, 1.82) is 0 Å². The molecule has 0 amide bonds. The topological polar surface area (TPSA) is 65.5 Å². The lowest BCUT2D eigenvalue weighted by Crippen LogP contribution is -2.19. The average Bonchev–Trinajstić information content (AvgIpc) is 2.83. The molecule has 5 heteroatoms. The highest BCUT2D eigenvalue weighted by Gasteiger charge is 2.19. The second-order valence-electron chi connectivity index (χ2n) is 11.6. The molecule has 0 aliphatic carbocycles. The van der Waals surface area contributed by atoms with Crippen molar-refractivity contribution >= 4 is 11.9 Å². The lowest BCUT2D eigenvalue weighted by molar-refractivity contribution is 0.0412. The Morgan fingerprint density at radius 3 is 1.67 bits per heavy atom. The molecule has 0 bridgehead atoms. The van der Waals surface area contributed by atoms with Crippen LogP contribution in [0, 0.1) is 11.3 Å². The highest BCUT2D eigenvalue weighted by Crippen LogP contribution is 2.24. The molecule has 0 aliphatic rings. The molecule has 0 aliphatic heterocycles. The first-order chi connectivity index (χ1) is 17.2. The van der Waals surface area contributed by atoms with E-state index in [2.05, 4.69) is 39.6 Å². The number of carbonyl (C=O) groups excluding carboxylic acids is 2. The molecule has 1 rings (SSSR count). The number of aromatic nitrogens is 1. The Morgan fingerprint density at radius 2 is 1.19 bits per heavy atom. The van der Waals surface area contributed by atoms with Crippen LogP contribution in [-0.4, -0.2) is 30.1 Å². The Kier molecular flexibility index (Phi) is 17.2. The van der Waals surface area contributed by atoms with E-state index in [4.69, 9.17) is 9.47 Å². The van der Waals surface area contributed by atoms with Crippen LogP contribution in [0.1, 0.15) is 152 Å². The Bertz CT molecular complexity index is 726. The predicted octanol–water partition coefficient (Wildman–Crippen LogP) is 8.95. The lowest BCUT2D eigenvalue weighted by atomic mass is 9.86. The van der Waals surface area contributed by atoms with E-state index in [-0.39, 0.29) is 22.7 Å². The molecule has 0 aromatic carbocycles. The summed E-state index contributed by atoms with van der Waals surface area (Å²) >= 11 is 0. The van der Waals surface area contributed by atoms with Gasteiger partial charge in [0.15, 0.2) is 0 Å². The number of nitrogens with zero attached hydrogens (tertiary/aromatic N) is 1. The standard InChI is InChI=1S/C31H53NO4/c1-6-7-8-9-10-11-12-13-14-15-16-17-18-19-23-35-29(33)27-21-20-22-28(32-27)30(34)36-25-26(2)24-31(3,4)5/h20-22,26H,6-19,23-25H2,1-5H3. The van der Waals surface area contributed by atoms with Gasteiger partial charge in [0, 0.05) is 0 Å². The molecule has 1 heterocycles. The summed E-state index contributed by atoms with van der Waals surface area (Å²) in [4.78, 5) is 28.9. The zero-order chi connectivity index (χ0) is 26.7. The molecule has 0 N–H and O–H groups in total. The smallest absolute Gasteiger partial charge is 0.356 e. The van der Waals surface area contributed by atoms with Gasteiger partial charge in [-0.2, -0.15) is 0 Å². The van der Waals surface area contributed by atoms with Gasteiger partial charge in [0.1, 0.15) is 11.4 Å². The Hall–Kier alpha value is -1.91. The maximum Gasteiger partial charge on any atom is 0.356 e. The maximum absolute atomic E-state index is 12.4. The summed E-state index contributed by atoms with van der Waals surface area (Å²) in [6.45, 7) is 11.6. The molecule has 0 spiro atoms. The summed E-state index contributed by atoms with van der Waals surface area (Å²) in [7, 11) is 0. The largest absolute Gasteiger partial charge is 0.461 e. The van der Waals surface area contributed by atoms with E-state index in [0.717, 1.165) is 19.3 Å². The zero-order valence-corrected chi connectivity index (χ0v) is 23.9. The van der Waals surface area contributed by atoms with E-state index >= 15 is 0 Å². The molecule has 5 nitrogen and oxygen atoms in total. The van der Waals surface area contributed by atoms with Crippen molar-refractivity contribution in [3.8, 4) is 0 Å². The van der Waals surface area contributed by atoms with Gasteiger partial charge in [-0.3, -0.25) is 0 Å². The van der Waals surface area contributed by atoms with Gasteiger partial charge in [0.2, 0.25) is 0 Å². The van der Waals surface area contributed by atoms with Crippen molar-refractivity contribution in [2.75, 3.05) is 13.2 Å². The summed E-state index contributed by atoms with van der Waals surface area (Å²) in [6, 6.07) is 4.79. The number of esters is 2. The molecule has 0 saturated carbocycles. The van der Waals surface area contributed by atoms with Crippen LogP contribution in [-0.2, 0) is 9.47 Å². The predicted molar refractivity (Wildman–Crippen MR) is 148 cm³/mol. The molecule has 0 fully saturated rings. The first-order valence-corrected chi connectivity index (χ1v) is 14.5. The van der Waals surface area contributed by atoms with E-state index in [9.17, 15) is 9.59 Å². The first-order valence-electron chi connectivity index (χ1n) is 14.5. The van der Waals surface area contributed by atoms with E-state index in [1.807, 2.05) is 0 Å². The number of ether oxygens (including phenoxy) is 2. The fourth-order valence-corrected chi connectivity index (χ4v) is 4.59. The Balaban J connectivity index is 2.12. The summed E-state index contributed by atoms with van der Waals surface area (Å²) in [6.07, 6.45) is 19.0. The van der Waals surface area contributed by atoms with Crippen LogP contribution < -0.4 is 0 Å². The van der Waals surface area contributed by atoms with E-state index in [1.165, 1.54) is 77.0 Å². The molecular weight excluding hydrogens is 450 g/mol. The fourth-order valence-electron chi connectivity index (χ4n) is 4.59. The number of rotatable bonds is 20. The van der Waals surface area contributed by atoms with Crippen LogP contribution in [0.4, 0.5) is 0 Å². The number of unbranched alkanes of at least 4 members (excludes halogenated alkanes) is 13. The summed E-state index contributed by atoms with van der Waals surface area (Å²) in [5.41, 5.74) is 0.474. The summed E-state index contributed by atoms with van der Waals surface area (Å²) in [5.74, 6) is -0.731. The normalized spacial score (nSPS) is 12.4. The minimum atomic E-state index is -0.502. The molecule has 1 unspecified atom stereocenters. The van der Waals surface area contributed by atoms with Gasteiger partial charge < -0.3 is 9.47 Å². The van der Waals surface area contributed by atoms with Gasteiger partial charge >= 0.3 is 11.9 Å². The molecule has 36 heavy (non-hydrogen) atoms. The van der Waals surface area contributed by atoms with Crippen LogP contribution >= 0.6 is 0 Å². The van der Waals surface area contributed by atoms with Gasteiger partial charge in [-0.1, -0.05) is 124 Å². The lowest BCUT2D eigenvalue weighted by Gasteiger charge is -2.22. The number of hydrogen-bond donors (Lipinski definition) is 0. The van der Waals surface area contributed by atoms with E-state index in [0.29, 0.717) is 13.2 Å². The van der Waals surface area contributed by atoms with E-state index in [1.54, 1.807) is 18.2 Å². The third kappa shape index (κ3) is 16.7. The van der Waals surface area contributed by atoms with Crippen LogP contribution in [0.25, 0.3) is 0 Å². The van der Waals surface area contributed by atoms with E-state index < -0.39 is 11.9 Å². The Labute approximate surface area is 221 Å². The van der Waals surface area contributed by atoms with Crippen LogP contribution in [0.5, 0.6) is 0 Å². The van der Waals surface area contributed by atoms with Crippen molar-refractivity contribution in [1.82, 2.24) is 4.98 Å². The highest BCUT2D eigenvalue weighted by molar-refractivity contribution is 5.91. The number of pyridine rings is 1. The van der Waals surface area contributed by atoms with Gasteiger partial charge in [0.05, 0.1) is 13.2 Å². The average molecular weight is 504 g/mol. The third-order valence-corrected chi connectivity index (χ3v) is 6.36. The minimum absolute atomic E-state index is 0.143. The monoisotopic (exact) mass is 503 g/mol. The second kappa shape index (κ2) is 19.2. The van der Waals surface area contributed by atoms with Gasteiger partial charge in [-0.15, -0.1) is 0 Å². The van der Waals surface area contributed by atoms with Gasteiger partial charge in [-0.05, 0) is 36.3 Å². The van der Waals surface area contributed by atoms with Gasteiger partial charge in [-0.25, -0.2) is 14.6 Å². The molecule has 1 aromatic rings. The van der Waals surface area contributed by atoms with Crippen molar-refractivity contribution in [2.24, 2.45) is 11.3 Å². The molecule has 206 valence electrons. The fraction of sp³-hybridized carbons (Fsp3) is 0.774. The Morgan fingerprint density at radius 1 is 0.750 bits per heavy atom. The zero-order valence-electron chi connectivity index (χ0n) is 23.9. The molecular formula is C31H53NO4. The summed E-state index contributed by atoms with van der Waals surface area (Å²) in [5, 5.41) is 0. The molecule has 0 saturated heterocycles.